The molecule has 0 saturated carbocycles. The fourth-order valence-electron chi connectivity index (χ4n) is 2.45. The molecule has 0 fully saturated rings. The maximum atomic E-state index is 12.5. The highest BCUT2D eigenvalue weighted by Crippen LogP contribution is 2.26. The maximum Gasteiger partial charge on any atom is 0.288 e. The Morgan fingerprint density at radius 1 is 0.929 bits per heavy atom. The van der Waals surface area contributed by atoms with E-state index >= 15 is 0 Å². The summed E-state index contributed by atoms with van der Waals surface area (Å²) in [6, 6.07) is 16.6. The lowest BCUT2D eigenvalue weighted by molar-refractivity contribution is -0.115. The number of para-hydroxylation sites is 2. The van der Waals surface area contributed by atoms with Crippen LogP contribution >= 0.6 is 23.1 Å². The van der Waals surface area contributed by atoms with Crippen molar-refractivity contribution in [3.8, 4) is 0 Å². The fraction of sp³-hybridized carbons (Fsp3) is 0.100. The lowest BCUT2D eigenvalue weighted by Gasteiger charge is -2.12. The van der Waals surface area contributed by atoms with E-state index in [9.17, 15) is 18.4 Å². The summed E-state index contributed by atoms with van der Waals surface area (Å²) >= 11 is 1.92. The number of thiophene rings is 1. The molecule has 0 spiro atoms. The molecule has 8 heteroatoms. The summed E-state index contributed by atoms with van der Waals surface area (Å²) in [6.45, 7) is 0. The Hall–Kier alpha value is -2.71. The SMILES string of the molecule is O=C(Cc1cccs1)Nc1ccccc1NC(=O)c1ccc(SC(F)F)cc1. The van der Waals surface area contributed by atoms with Crippen LogP contribution in [0.2, 0.25) is 0 Å². The van der Waals surface area contributed by atoms with Crippen molar-refractivity contribution in [3.63, 3.8) is 0 Å². The van der Waals surface area contributed by atoms with Gasteiger partial charge in [0.15, 0.2) is 0 Å². The Morgan fingerprint density at radius 2 is 1.61 bits per heavy atom. The molecule has 0 aliphatic rings. The minimum Gasteiger partial charge on any atom is -0.324 e. The van der Waals surface area contributed by atoms with E-state index in [1.807, 2.05) is 17.5 Å². The van der Waals surface area contributed by atoms with E-state index in [0.29, 0.717) is 33.6 Å². The van der Waals surface area contributed by atoms with Crippen LogP contribution in [0.5, 0.6) is 0 Å². The van der Waals surface area contributed by atoms with Gasteiger partial charge in [-0.05, 0) is 47.8 Å². The van der Waals surface area contributed by atoms with Crippen LogP contribution in [0, 0.1) is 0 Å². The van der Waals surface area contributed by atoms with Crippen molar-refractivity contribution in [2.24, 2.45) is 0 Å². The second-order valence-electron chi connectivity index (χ2n) is 5.71. The van der Waals surface area contributed by atoms with Crippen LogP contribution in [0.15, 0.2) is 70.9 Å². The summed E-state index contributed by atoms with van der Waals surface area (Å²) in [5.74, 6) is -3.09. The molecule has 4 nitrogen and oxygen atoms in total. The normalized spacial score (nSPS) is 10.7. The van der Waals surface area contributed by atoms with Crippen LogP contribution in [0.1, 0.15) is 15.2 Å². The molecule has 0 radical (unpaired) electrons. The number of carbonyl (C=O) groups excluding carboxylic acids is 2. The van der Waals surface area contributed by atoms with Crippen LogP contribution < -0.4 is 10.6 Å². The molecule has 28 heavy (non-hydrogen) atoms. The van der Waals surface area contributed by atoms with E-state index in [-0.39, 0.29) is 12.3 Å². The molecule has 3 rings (SSSR count). The standard InChI is InChI=1S/C20H16F2N2O2S2/c21-20(22)28-14-9-7-13(8-10-14)19(26)24-17-6-2-1-5-16(17)23-18(25)12-15-4-3-11-27-15/h1-11,20H,12H2,(H,23,25)(H,24,26). The highest BCUT2D eigenvalue weighted by molar-refractivity contribution is 7.99. The van der Waals surface area contributed by atoms with Crippen LogP contribution in [0.25, 0.3) is 0 Å². The molecule has 0 bridgehead atoms. The summed E-state index contributed by atoms with van der Waals surface area (Å²) in [7, 11) is 0. The molecule has 0 unspecified atom stereocenters. The zero-order chi connectivity index (χ0) is 19.9. The molecule has 1 heterocycles. The Bertz CT molecular complexity index is 945. The first-order valence-corrected chi connectivity index (χ1v) is 10.0. The predicted octanol–water partition coefficient (Wildman–Crippen LogP) is 5.50. The lowest BCUT2D eigenvalue weighted by Crippen LogP contribution is -2.17. The molecule has 0 aliphatic carbocycles. The molecule has 3 aromatic rings. The number of thioether (sulfide) groups is 1. The van der Waals surface area contributed by atoms with Gasteiger partial charge >= 0.3 is 0 Å². The minimum atomic E-state index is -2.51. The van der Waals surface area contributed by atoms with Crippen LogP contribution in [0.3, 0.4) is 0 Å². The second kappa shape index (κ2) is 9.48. The van der Waals surface area contributed by atoms with E-state index in [0.717, 1.165) is 4.88 Å². The van der Waals surface area contributed by atoms with E-state index in [1.54, 1.807) is 24.3 Å². The van der Waals surface area contributed by atoms with Crippen molar-refractivity contribution in [2.75, 3.05) is 10.6 Å². The third-order valence-corrected chi connectivity index (χ3v) is 5.30. The zero-order valence-corrected chi connectivity index (χ0v) is 16.2. The van der Waals surface area contributed by atoms with Gasteiger partial charge in [0.05, 0.1) is 17.8 Å². The van der Waals surface area contributed by atoms with Gasteiger partial charge in [0.1, 0.15) is 0 Å². The maximum absolute atomic E-state index is 12.5. The average molecular weight is 418 g/mol. The quantitative estimate of drug-likeness (QED) is 0.499. The Labute approximate surface area is 169 Å². The first-order valence-electron chi connectivity index (χ1n) is 8.29. The van der Waals surface area contributed by atoms with Gasteiger partial charge in [-0.2, -0.15) is 8.78 Å². The number of nitrogens with one attached hydrogen (secondary N) is 2. The summed E-state index contributed by atoms with van der Waals surface area (Å²) < 4.78 is 24.8. The zero-order valence-electron chi connectivity index (χ0n) is 14.5. The van der Waals surface area contributed by atoms with Gasteiger partial charge in [-0.25, -0.2) is 0 Å². The number of benzene rings is 2. The van der Waals surface area contributed by atoms with Gasteiger partial charge in [-0.3, -0.25) is 9.59 Å². The monoisotopic (exact) mass is 418 g/mol. The number of halogens is 2. The molecule has 0 aliphatic heterocycles. The predicted molar refractivity (Wildman–Crippen MR) is 109 cm³/mol. The topological polar surface area (TPSA) is 58.2 Å². The number of rotatable bonds is 7. The molecule has 2 aromatic carbocycles. The van der Waals surface area contributed by atoms with Gasteiger partial charge in [-0.15, -0.1) is 11.3 Å². The lowest BCUT2D eigenvalue weighted by atomic mass is 10.2. The summed E-state index contributed by atoms with van der Waals surface area (Å²) in [4.78, 5) is 26.0. The molecule has 0 atom stereocenters. The molecule has 144 valence electrons. The van der Waals surface area contributed by atoms with Crippen LogP contribution in [-0.4, -0.2) is 17.6 Å². The summed E-state index contributed by atoms with van der Waals surface area (Å²) in [5.41, 5.74) is 1.28. The Kier molecular flexibility index (Phi) is 6.78. The Morgan fingerprint density at radius 3 is 2.21 bits per heavy atom. The summed E-state index contributed by atoms with van der Waals surface area (Å²) in [5, 5.41) is 7.45. The molecule has 2 amide bonds. The number of anilines is 2. The fourth-order valence-corrected chi connectivity index (χ4v) is 3.65. The van der Waals surface area contributed by atoms with Gasteiger partial charge in [0.25, 0.3) is 11.7 Å². The largest absolute Gasteiger partial charge is 0.324 e. The van der Waals surface area contributed by atoms with Gasteiger partial charge in [-0.1, -0.05) is 30.0 Å². The number of amides is 2. The summed E-state index contributed by atoms with van der Waals surface area (Å²) in [6.07, 6.45) is 0.253. The van der Waals surface area contributed by atoms with Crippen molar-refractivity contribution in [2.45, 2.75) is 17.1 Å². The highest BCUT2D eigenvalue weighted by Gasteiger charge is 2.12. The molecule has 1 aromatic heterocycles. The highest BCUT2D eigenvalue weighted by atomic mass is 32.2. The van der Waals surface area contributed by atoms with E-state index < -0.39 is 11.7 Å². The Balaban J connectivity index is 1.67. The minimum absolute atomic E-state index is 0.183. The third kappa shape index (κ3) is 5.64. The number of hydrogen-bond donors (Lipinski definition) is 2. The third-order valence-electron chi connectivity index (χ3n) is 3.71. The van der Waals surface area contributed by atoms with Gasteiger partial charge < -0.3 is 10.6 Å². The van der Waals surface area contributed by atoms with Crippen LogP contribution in [0.4, 0.5) is 20.2 Å². The molecular formula is C20H16F2N2O2S2. The number of alkyl halides is 2. The number of hydrogen-bond acceptors (Lipinski definition) is 4. The average Bonchev–Trinajstić information content (AvgIpc) is 3.16. The second-order valence-corrected chi connectivity index (χ2v) is 7.80. The molecule has 2 N–H and O–H groups in total. The van der Waals surface area contributed by atoms with E-state index in [4.69, 9.17) is 0 Å². The van der Waals surface area contributed by atoms with Gasteiger partial charge in [0, 0.05) is 15.3 Å². The first-order chi connectivity index (χ1) is 13.5. The van der Waals surface area contributed by atoms with Crippen molar-refractivity contribution < 1.29 is 18.4 Å². The first kappa shape index (κ1) is 20.0. The van der Waals surface area contributed by atoms with Crippen molar-refractivity contribution >= 4 is 46.3 Å². The van der Waals surface area contributed by atoms with Crippen molar-refractivity contribution in [1.29, 1.82) is 0 Å². The van der Waals surface area contributed by atoms with E-state index in [2.05, 4.69) is 10.6 Å². The van der Waals surface area contributed by atoms with Crippen molar-refractivity contribution in [1.82, 2.24) is 0 Å². The molecule has 0 saturated heterocycles. The van der Waals surface area contributed by atoms with Gasteiger partial charge in [0.2, 0.25) is 5.91 Å². The number of carbonyl (C=O) groups is 2. The van der Waals surface area contributed by atoms with E-state index in [1.165, 1.54) is 35.6 Å². The van der Waals surface area contributed by atoms with Crippen molar-refractivity contribution in [3.05, 3.63) is 76.5 Å². The molecular weight excluding hydrogens is 402 g/mol. The smallest absolute Gasteiger partial charge is 0.288 e. The van der Waals surface area contributed by atoms with Crippen LogP contribution in [-0.2, 0) is 11.2 Å².